The van der Waals surface area contributed by atoms with Crippen LogP contribution in [0.15, 0.2) is 0 Å². The summed E-state index contributed by atoms with van der Waals surface area (Å²) in [5.74, 6) is -0.686. The number of hydrogen-bond acceptors (Lipinski definition) is 4. The zero-order valence-corrected chi connectivity index (χ0v) is 11.2. The molecular formula is C11H16N2O4S. The normalized spacial score (nSPS) is 25.7. The first-order valence-corrected chi connectivity index (χ1v) is 7.60. The molecule has 0 bridgehead atoms. The van der Waals surface area contributed by atoms with Gasteiger partial charge in [-0.3, -0.25) is 24.0 Å². The lowest BCUT2D eigenvalue weighted by atomic mass is 9.66. The van der Waals surface area contributed by atoms with E-state index in [1.165, 1.54) is 6.26 Å². The van der Waals surface area contributed by atoms with E-state index in [1.807, 2.05) is 0 Å². The van der Waals surface area contributed by atoms with Crippen LogP contribution >= 0.6 is 0 Å². The van der Waals surface area contributed by atoms with Crippen LogP contribution in [0.5, 0.6) is 0 Å². The third-order valence-electron chi connectivity index (χ3n) is 3.63. The molecule has 1 spiro atoms. The Kier molecular flexibility index (Phi) is 3.27. The van der Waals surface area contributed by atoms with Crippen molar-refractivity contribution in [3.8, 4) is 0 Å². The third-order valence-corrected chi connectivity index (χ3v) is 4.58. The highest BCUT2D eigenvalue weighted by atomic mass is 32.2. The molecule has 2 aliphatic rings. The zero-order valence-electron chi connectivity index (χ0n) is 10.4. The summed E-state index contributed by atoms with van der Waals surface area (Å²) in [4.78, 5) is 36.9. The number of nitrogens with one attached hydrogen (secondary N) is 1. The van der Waals surface area contributed by atoms with Crippen LogP contribution in [0.25, 0.3) is 0 Å². The van der Waals surface area contributed by atoms with E-state index in [-0.39, 0.29) is 5.75 Å². The van der Waals surface area contributed by atoms with Gasteiger partial charge in [-0.1, -0.05) is 6.42 Å². The number of imide groups is 2. The van der Waals surface area contributed by atoms with Crippen LogP contribution in [0.4, 0.5) is 4.79 Å². The van der Waals surface area contributed by atoms with Gasteiger partial charge in [0.05, 0.1) is 6.04 Å². The number of amides is 4. The molecule has 2 atom stereocenters. The number of carbonyl (C=O) groups is 3. The Morgan fingerprint density at radius 2 is 2.00 bits per heavy atom. The maximum atomic E-state index is 12.3. The summed E-state index contributed by atoms with van der Waals surface area (Å²) in [6, 6.07) is -1.16. The fourth-order valence-electron chi connectivity index (χ4n) is 2.48. The van der Waals surface area contributed by atoms with Crippen molar-refractivity contribution in [2.24, 2.45) is 5.41 Å². The van der Waals surface area contributed by atoms with Crippen LogP contribution in [0.1, 0.15) is 26.2 Å². The Hall–Kier alpha value is -1.24. The number of nitrogens with zero attached hydrogens (tertiary/aromatic N) is 1. The summed E-state index contributed by atoms with van der Waals surface area (Å²) in [7, 11) is -1.10. The second-order valence-corrected chi connectivity index (χ2v) is 6.44. The first-order valence-electron chi connectivity index (χ1n) is 5.87. The second kappa shape index (κ2) is 4.46. The zero-order chi connectivity index (χ0) is 13.5. The van der Waals surface area contributed by atoms with E-state index in [9.17, 15) is 18.6 Å². The van der Waals surface area contributed by atoms with E-state index in [1.54, 1.807) is 6.92 Å². The van der Waals surface area contributed by atoms with Crippen LogP contribution in [0.3, 0.4) is 0 Å². The Morgan fingerprint density at radius 3 is 2.44 bits per heavy atom. The summed E-state index contributed by atoms with van der Waals surface area (Å²) >= 11 is 0. The Balaban J connectivity index is 2.24. The maximum Gasteiger partial charge on any atom is 0.331 e. The highest BCUT2D eigenvalue weighted by Gasteiger charge is 2.58. The molecule has 4 amide bonds. The van der Waals surface area contributed by atoms with Crippen molar-refractivity contribution in [2.45, 2.75) is 32.2 Å². The molecule has 1 aliphatic heterocycles. The molecule has 2 fully saturated rings. The molecule has 1 aliphatic carbocycles. The number of barbiturate groups is 1. The largest absolute Gasteiger partial charge is 0.331 e. The molecule has 2 unspecified atom stereocenters. The lowest BCUT2D eigenvalue weighted by Crippen LogP contribution is -2.68. The van der Waals surface area contributed by atoms with Crippen LogP contribution in [-0.2, 0) is 20.4 Å². The fraction of sp³-hybridized carbons (Fsp3) is 0.727. The lowest BCUT2D eigenvalue weighted by molar-refractivity contribution is -0.158. The molecule has 7 heteroatoms. The average molecular weight is 272 g/mol. The molecule has 18 heavy (non-hydrogen) atoms. The lowest BCUT2D eigenvalue weighted by Gasteiger charge is -2.46. The molecule has 1 heterocycles. The van der Waals surface area contributed by atoms with Crippen molar-refractivity contribution < 1.29 is 18.6 Å². The standard InChI is InChI=1S/C11H16N2O4S/c1-7(6-18(2)17)13-9(15)11(4-3-5-11)8(14)12-10(13)16/h7H,3-6H2,1-2H3,(H,12,14,16). The van der Waals surface area contributed by atoms with E-state index in [4.69, 9.17) is 0 Å². The highest BCUT2D eigenvalue weighted by molar-refractivity contribution is 7.84. The highest BCUT2D eigenvalue weighted by Crippen LogP contribution is 2.44. The first-order chi connectivity index (χ1) is 8.38. The molecule has 1 saturated heterocycles. The van der Waals surface area contributed by atoms with Gasteiger partial charge in [-0.15, -0.1) is 0 Å². The molecular weight excluding hydrogens is 256 g/mol. The van der Waals surface area contributed by atoms with Crippen molar-refractivity contribution >= 4 is 28.6 Å². The van der Waals surface area contributed by atoms with Gasteiger partial charge in [0.15, 0.2) is 0 Å². The Labute approximate surface area is 108 Å². The topological polar surface area (TPSA) is 83.6 Å². The molecule has 6 nitrogen and oxygen atoms in total. The minimum atomic E-state index is -1.10. The van der Waals surface area contributed by atoms with Crippen molar-refractivity contribution in [3.05, 3.63) is 0 Å². The summed E-state index contributed by atoms with van der Waals surface area (Å²) in [6.45, 7) is 1.67. The summed E-state index contributed by atoms with van der Waals surface area (Å²) < 4.78 is 11.2. The number of urea groups is 1. The minimum Gasteiger partial charge on any atom is -0.277 e. The first kappa shape index (κ1) is 13.2. The van der Waals surface area contributed by atoms with Gasteiger partial charge in [0.2, 0.25) is 11.8 Å². The number of rotatable bonds is 3. The monoisotopic (exact) mass is 272 g/mol. The molecule has 1 saturated carbocycles. The second-order valence-electron chi connectivity index (χ2n) is 4.96. The van der Waals surface area contributed by atoms with Gasteiger partial charge in [0.25, 0.3) is 0 Å². The van der Waals surface area contributed by atoms with Crippen LogP contribution < -0.4 is 5.32 Å². The molecule has 100 valence electrons. The summed E-state index contributed by atoms with van der Waals surface area (Å²) in [5.41, 5.74) is -1.04. The Morgan fingerprint density at radius 1 is 1.39 bits per heavy atom. The predicted octanol–water partition coefficient (Wildman–Crippen LogP) is 0.00210. The summed E-state index contributed by atoms with van der Waals surface area (Å²) in [5, 5.41) is 2.23. The van der Waals surface area contributed by atoms with Crippen LogP contribution in [0.2, 0.25) is 0 Å². The van der Waals surface area contributed by atoms with Gasteiger partial charge in [0, 0.05) is 22.8 Å². The molecule has 0 aromatic heterocycles. The maximum absolute atomic E-state index is 12.3. The summed E-state index contributed by atoms with van der Waals surface area (Å²) in [6.07, 6.45) is 3.31. The Bertz CT molecular complexity index is 444. The van der Waals surface area contributed by atoms with E-state index in [2.05, 4.69) is 5.32 Å². The van der Waals surface area contributed by atoms with Gasteiger partial charge in [-0.05, 0) is 19.8 Å². The van der Waals surface area contributed by atoms with Crippen molar-refractivity contribution in [1.29, 1.82) is 0 Å². The van der Waals surface area contributed by atoms with E-state index in [0.29, 0.717) is 12.8 Å². The number of carbonyl (C=O) groups excluding carboxylic acids is 3. The smallest absolute Gasteiger partial charge is 0.277 e. The van der Waals surface area contributed by atoms with Gasteiger partial charge in [-0.25, -0.2) is 4.79 Å². The van der Waals surface area contributed by atoms with E-state index < -0.39 is 40.1 Å². The van der Waals surface area contributed by atoms with E-state index >= 15 is 0 Å². The average Bonchev–Trinajstić information content (AvgIpc) is 2.12. The van der Waals surface area contributed by atoms with Gasteiger partial charge in [0.1, 0.15) is 5.41 Å². The molecule has 2 rings (SSSR count). The van der Waals surface area contributed by atoms with E-state index in [0.717, 1.165) is 11.3 Å². The van der Waals surface area contributed by atoms with Gasteiger partial charge < -0.3 is 0 Å². The minimum absolute atomic E-state index is 0.226. The SMILES string of the molecule is CC(CS(C)=O)N1C(=O)NC(=O)C2(CCC2)C1=O. The fourth-order valence-corrected chi connectivity index (χ4v) is 3.31. The van der Waals surface area contributed by atoms with Crippen molar-refractivity contribution in [2.75, 3.05) is 12.0 Å². The quantitative estimate of drug-likeness (QED) is 0.733. The van der Waals surface area contributed by atoms with Crippen molar-refractivity contribution in [1.82, 2.24) is 10.2 Å². The number of hydrogen-bond donors (Lipinski definition) is 1. The molecule has 0 radical (unpaired) electrons. The molecule has 0 aromatic carbocycles. The van der Waals surface area contributed by atoms with Crippen molar-refractivity contribution in [3.63, 3.8) is 0 Å². The predicted molar refractivity (Wildman–Crippen MR) is 65.1 cm³/mol. The molecule has 0 aromatic rings. The van der Waals surface area contributed by atoms with Gasteiger partial charge >= 0.3 is 6.03 Å². The van der Waals surface area contributed by atoms with Crippen LogP contribution in [-0.4, -0.2) is 45.0 Å². The van der Waals surface area contributed by atoms with Crippen LogP contribution in [0, 0.1) is 5.41 Å². The van der Waals surface area contributed by atoms with Gasteiger partial charge in [-0.2, -0.15) is 0 Å². The third kappa shape index (κ3) is 1.86. The molecule has 1 N–H and O–H groups in total.